The molecule has 0 spiro atoms. The molecule has 0 saturated carbocycles. The van der Waals surface area contributed by atoms with E-state index in [-0.39, 0.29) is 0 Å². The van der Waals surface area contributed by atoms with Gasteiger partial charge in [0.05, 0.1) is 0 Å². The normalized spacial score (nSPS) is 17.5. The highest BCUT2D eigenvalue weighted by molar-refractivity contribution is 4.82. The first-order valence-electron chi connectivity index (χ1n) is 7.91. The third-order valence-corrected chi connectivity index (χ3v) is 3.55. The van der Waals surface area contributed by atoms with Crippen LogP contribution in [0.25, 0.3) is 0 Å². The van der Waals surface area contributed by atoms with Gasteiger partial charge in [-0.1, -0.05) is 68.2 Å². The summed E-state index contributed by atoms with van der Waals surface area (Å²) in [4.78, 5) is 2.45. The van der Waals surface area contributed by atoms with Crippen molar-refractivity contribution in [3.8, 4) is 0 Å². The van der Waals surface area contributed by atoms with E-state index in [1.807, 2.05) is 41.5 Å². The summed E-state index contributed by atoms with van der Waals surface area (Å²) in [6, 6.07) is 0. The van der Waals surface area contributed by atoms with Gasteiger partial charge in [0, 0.05) is 0 Å². The summed E-state index contributed by atoms with van der Waals surface area (Å²) in [5.41, 5.74) is 0.701. The van der Waals surface area contributed by atoms with Crippen LogP contribution in [0.3, 0.4) is 0 Å². The van der Waals surface area contributed by atoms with E-state index in [4.69, 9.17) is 0 Å². The van der Waals surface area contributed by atoms with Gasteiger partial charge in [-0.2, -0.15) is 0 Å². The minimum atomic E-state index is 0.701. The highest BCUT2D eigenvalue weighted by Gasteiger charge is 2.29. The van der Waals surface area contributed by atoms with Crippen LogP contribution in [0, 0.1) is 5.41 Å². The van der Waals surface area contributed by atoms with Crippen molar-refractivity contribution >= 4 is 0 Å². The molecular weight excluding hydrogens is 206 g/mol. The second-order valence-electron chi connectivity index (χ2n) is 4.01. The van der Waals surface area contributed by atoms with Crippen molar-refractivity contribution < 1.29 is 0 Å². The highest BCUT2D eigenvalue weighted by atomic mass is 15.1. The molecule has 0 aromatic heterocycles. The Balaban J connectivity index is -0.000000285. The van der Waals surface area contributed by atoms with Gasteiger partial charge in [-0.3, -0.25) is 0 Å². The second kappa shape index (κ2) is 16.0. The summed E-state index contributed by atoms with van der Waals surface area (Å²) in [6.45, 7) is 19.3. The van der Waals surface area contributed by atoms with Crippen molar-refractivity contribution in [1.29, 1.82) is 0 Å². The molecule has 0 amide bonds. The van der Waals surface area contributed by atoms with Crippen LogP contribution in [0.1, 0.15) is 81.1 Å². The molecule has 1 heterocycles. The first kappa shape index (κ1) is 22.2. The van der Waals surface area contributed by atoms with E-state index in [9.17, 15) is 0 Å². The minimum absolute atomic E-state index is 0.701. The maximum atomic E-state index is 2.45. The van der Waals surface area contributed by atoms with Crippen LogP contribution in [0.15, 0.2) is 0 Å². The first-order chi connectivity index (χ1) is 8.22. The van der Waals surface area contributed by atoms with Crippen LogP contribution in [-0.4, -0.2) is 25.0 Å². The molecule has 1 aliphatic rings. The van der Waals surface area contributed by atoms with E-state index < -0.39 is 0 Å². The van der Waals surface area contributed by atoms with Crippen LogP contribution in [-0.2, 0) is 0 Å². The fraction of sp³-hybridized carbons (Fsp3) is 1.00. The summed E-state index contributed by atoms with van der Waals surface area (Å²) in [6.07, 6.45) is 5.57. The predicted octanol–water partition coefficient (Wildman–Crippen LogP) is 5.60. The van der Waals surface area contributed by atoms with Gasteiger partial charge in [0.15, 0.2) is 0 Å². The third kappa shape index (κ3) is 9.64. The molecule has 108 valence electrons. The van der Waals surface area contributed by atoms with E-state index in [1.54, 1.807) is 0 Å². The summed E-state index contributed by atoms with van der Waals surface area (Å²) < 4.78 is 0. The first-order valence-corrected chi connectivity index (χ1v) is 7.91. The largest absolute Gasteiger partial charge is 0.306 e. The molecule has 0 atom stereocenters. The second-order valence-corrected chi connectivity index (χ2v) is 4.01. The minimum Gasteiger partial charge on any atom is -0.306 e. The van der Waals surface area contributed by atoms with Crippen LogP contribution >= 0.6 is 0 Å². The van der Waals surface area contributed by atoms with Gasteiger partial charge in [-0.15, -0.1) is 0 Å². The summed E-state index contributed by atoms with van der Waals surface area (Å²) in [5, 5.41) is 0. The lowest BCUT2D eigenvalue weighted by atomic mass is 9.74. The molecular formula is C16H39N. The molecule has 0 unspecified atom stereocenters. The smallest absolute Gasteiger partial charge is 0.00165 e. The van der Waals surface area contributed by atoms with Crippen LogP contribution in [0.4, 0.5) is 0 Å². The Bertz CT molecular complexity index is 107. The Hall–Kier alpha value is -0.0400. The molecule has 0 bridgehead atoms. The highest BCUT2D eigenvalue weighted by Crippen LogP contribution is 2.37. The predicted molar refractivity (Wildman–Crippen MR) is 83.8 cm³/mol. The molecule has 0 aliphatic carbocycles. The van der Waals surface area contributed by atoms with Gasteiger partial charge in [-0.25, -0.2) is 0 Å². The number of hydrogen-bond acceptors (Lipinski definition) is 1. The van der Waals surface area contributed by atoms with Crippen molar-refractivity contribution in [3.63, 3.8) is 0 Å². The van der Waals surface area contributed by atoms with E-state index in [0.717, 1.165) is 0 Å². The van der Waals surface area contributed by atoms with E-state index in [1.165, 1.54) is 38.8 Å². The average Bonchev–Trinajstić information content (AvgIpc) is 2.47. The Kier molecular flexibility index (Phi) is 20.8. The fourth-order valence-corrected chi connectivity index (χ4v) is 2.05. The van der Waals surface area contributed by atoms with Crippen molar-refractivity contribution in [2.75, 3.05) is 20.1 Å². The standard InChI is InChI=1S/C10H21N.3C2H6/c1-4-10(5-2)6-8-11(3)9-7-10;3*1-2/h4-9H2,1-3H3;3*1-2H3. The number of likely N-dealkylation sites (tertiary alicyclic amines) is 1. The Morgan fingerprint density at radius 1 is 0.765 bits per heavy atom. The van der Waals surface area contributed by atoms with Gasteiger partial charge in [0.1, 0.15) is 0 Å². The molecule has 0 radical (unpaired) electrons. The maximum Gasteiger partial charge on any atom is -0.00165 e. The summed E-state index contributed by atoms with van der Waals surface area (Å²) in [7, 11) is 2.23. The number of rotatable bonds is 2. The number of piperidine rings is 1. The van der Waals surface area contributed by atoms with Crippen LogP contribution < -0.4 is 0 Å². The zero-order chi connectivity index (χ0) is 14.3. The topological polar surface area (TPSA) is 3.24 Å². The molecule has 0 N–H and O–H groups in total. The molecule has 17 heavy (non-hydrogen) atoms. The monoisotopic (exact) mass is 245 g/mol. The van der Waals surface area contributed by atoms with Crippen molar-refractivity contribution in [2.45, 2.75) is 81.1 Å². The fourth-order valence-electron chi connectivity index (χ4n) is 2.05. The van der Waals surface area contributed by atoms with Crippen LogP contribution in [0.5, 0.6) is 0 Å². The summed E-state index contributed by atoms with van der Waals surface area (Å²) >= 11 is 0. The SMILES string of the molecule is CC.CC.CC.CCC1(CC)CCN(C)CC1. The molecule has 0 aromatic rings. The lowest BCUT2D eigenvalue weighted by Gasteiger charge is -2.39. The molecule has 1 aliphatic heterocycles. The quantitative estimate of drug-likeness (QED) is 0.612. The van der Waals surface area contributed by atoms with Gasteiger partial charge in [-0.05, 0) is 38.4 Å². The number of nitrogens with zero attached hydrogens (tertiary/aromatic N) is 1. The lowest BCUT2D eigenvalue weighted by molar-refractivity contribution is 0.113. The van der Waals surface area contributed by atoms with Gasteiger partial charge in [0.2, 0.25) is 0 Å². The average molecular weight is 245 g/mol. The van der Waals surface area contributed by atoms with E-state index in [0.29, 0.717) is 5.41 Å². The Morgan fingerprint density at radius 3 is 1.29 bits per heavy atom. The van der Waals surface area contributed by atoms with Crippen molar-refractivity contribution in [1.82, 2.24) is 4.90 Å². The maximum absolute atomic E-state index is 2.45. The molecule has 1 nitrogen and oxygen atoms in total. The van der Waals surface area contributed by atoms with Crippen molar-refractivity contribution in [2.24, 2.45) is 5.41 Å². The molecule has 1 saturated heterocycles. The van der Waals surface area contributed by atoms with E-state index in [2.05, 4.69) is 25.8 Å². The number of hydrogen-bond donors (Lipinski definition) is 0. The Labute approximate surface area is 112 Å². The molecule has 1 heteroatoms. The van der Waals surface area contributed by atoms with Gasteiger partial charge in [0.25, 0.3) is 0 Å². The van der Waals surface area contributed by atoms with Gasteiger partial charge < -0.3 is 4.90 Å². The van der Waals surface area contributed by atoms with Gasteiger partial charge >= 0.3 is 0 Å². The molecule has 1 fully saturated rings. The Morgan fingerprint density at radius 2 is 1.06 bits per heavy atom. The third-order valence-electron chi connectivity index (χ3n) is 3.55. The zero-order valence-corrected chi connectivity index (χ0v) is 14.2. The van der Waals surface area contributed by atoms with Crippen molar-refractivity contribution in [3.05, 3.63) is 0 Å². The lowest BCUT2D eigenvalue weighted by Crippen LogP contribution is -2.37. The molecule has 1 rings (SSSR count). The van der Waals surface area contributed by atoms with E-state index >= 15 is 0 Å². The van der Waals surface area contributed by atoms with Crippen LogP contribution in [0.2, 0.25) is 0 Å². The zero-order valence-electron chi connectivity index (χ0n) is 14.2. The summed E-state index contributed by atoms with van der Waals surface area (Å²) in [5.74, 6) is 0. The molecule has 0 aromatic carbocycles.